The first kappa shape index (κ1) is 14.0. The number of hydrogen-bond donors (Lipinski definition) is 2. The van der Waals surface area contributed by atoms with Crippen LogP contribution in [-0.2, 0) is 0 Å². The van der Waals surface area contributed by atoms with Crippen LogP contribution in [0.25, 0.3) is 0 Å². The predicted octanol–water partition coefficient (Wildman–Crippen LogP) is 4.39. The van der Waals surface area contributed by atoms with Crippen molar-refractivity contribution in [2.75, 3.05) is 17.2 Å². The molecule has 0 fully saturated rings. The van der Waals surface area contributed by atoms with Crippen molar-refractivity contribution in [2.24, 2.45) is 0 Å². The molecule has 0 aliphatic heterocycles. The van der Waals surface area contributed by atoms with Crippen molar-refractivity contribution < 1.29 is 4.39 Å². The lowest BCUT2D eigenvalue weighted by Gasteiger charge is -2.10. The topological polar surface area (TPSA) is 37.0 Å². The Hall–Kier alpha value is -1.37. The Morgan fingerprint density at radius 3 is 2.74 bits per heavy atom. The number of halogens is 2. The Balaban J connectivity index is 2.14. The molecular formula is C14H15FIN3. The highest BCUT2D eigenvalue weighted by atomic mass is 127. The average molecular weight is 371 g/mol. The molecule has 1 heterocycles. The van der Waals surface area contributed by atoms with E-state index in [0.29, 0.717) is 0 Å². The molecule has 0 unspecified atom stereocenters. The zero-order chi connectivity index (χ0) is 13.7. The highest BCUT2D eigenvalue weighted by Gasteiger charge is 2.03. The van der Waals surface area contributed by atoms with Gasteiger partial charge in [-0.05, 0) is 59.3 Å². The molecule has 0 saturated carbocycles. The predicted molar refractivity (Wildman–Crippen MR) is 85.4 cm³/mol. The first-order chi connectivity index (χ1) is 9.19. The van der Waals surface area contributed by atoms with E-state index in [9.17, 15) is 4.39 Å². The van der Waals surface area contributed by atoms with Crippen LogP contribution in [0.5, 0.6) is 0 Å². The first-order valence-electron chi connectivity index (χ1n) is 6.12. The summed E-state index contributed by atoms with van der Waals surface area (Å²) in [5, 5.41) is 6.42. The van der Waals surface area contributed by atoms with Crippen LogP contribution in [0.1, 0.15) is 13.3 Å². The van der Waals surface area contributed by atoms with E-state index in [4.69, 9.17) is 0 Å². The fourth-order valence-electron chi connectivity index (χ4n) is 1.58. The van der Waals surface area contributed by atoms with Gasteiger partial charge in [-0.15, -0.1) is 0 Å². The quantitative estimate of drug-likeness (QED) is 0.766. The Morgan fingerprint density at radius 1 is 1.21 bits per heavy atom. The number of benzene rings is 1. The Bertz CT molecular complexity index is 560. The van der Waals surface area contributed by atoms with E-state index in [-0.39, 0.29) is 5.82 Å². The van der Waals surface area contributed by atoms with Gasteiger partial charge >= 0.3 is 0 Å². The third-order valence-electron chi connectivity index (χ3n) is 2.50. The van der Waals surface area contributed by atoms with E-state index >= 15 is 0 Å². The molecule has 0 spiro atoms. The van der Waals surface area contributed by atoms with Crippen molar-refractivity contribution in [2.45, 2.75) is 13.3 Å². The van der Waals surface area contributed by atoms with Gasteiger partial charge in [0.1, 0.15) is 17.5 Å². The van der Waals surface area contributed by atoms with Gasteiger partial charge in [0, 0.05) is 10.1 Å². The van der Waals surface area contributed by atoms with Crippen molar-refractivity contribution in [3.8, 4) is 0 Å². The van der Waals surface area contributed by atoms with Crippen LogP contribution in [0.15, 0.2) is 36.4 Å². The highest BCUT2D eigenvalue weighted by Crippen LogP contribution is 2.23. The molecule has 0 radical (unpaired) electrons. The SMILES string of the molecule is CCCNc1cccc(Nc2ccc(F)cc2I)n1. The Morgan fingerprint density at radius 2 is 2.00 bits per heavy atom. The van der Waals surface area contributed by atoms with E-state index < -0.39 is 0 Å². The molecule has 3 nitrogen and oxygen atoms in total. The maximum absolute atomic E-state index is 13.0. The van der Waals surface area contributed by atoms with Crippen LogP contribution >= 0.6 is 22.6 Å². The lowest BCUT2D eigenvalue weighted by atomic mass is 10.3. The van der Waals surface area contributed by atoms with Gasteiger partial charge in [-0.2, -0.15) is 0 Å². The van der Waals surface area contributed by atoms with Crippen LogP contribution in [0.4, 0.5) is 21.7 Å². The fraction of sp³-hybridized carbons (Fsp3) is 0.214. The lowest BCUT2D eigenvalue weighted by molar-refractivity contribution is 0.627. The summed E-state index contributed by atoms with van der Waals surface area (Å²) < 4.78 is 13.9. The largest absolute Gasteiger partial charge is 0.370 e. The maximum atomic E-state index is 13.0. The van der Waals surface area contributed by atoms with Crippen molar-refractivity contribution in [3.05, 3.63) is 45.8 Å². The minimum Gasteiger partial charge on any atom is -0.370 e. The number of pyridine rings is 1. The molecule has 5 heteroatoms. The maximum Gasteiger partial charge on any atom is 0.132 e. The number of aromatic nitrogens is 1. The summed E-state index contributed by atoms with van der Waals surface area (Å²) >= 11 is 2.10. The second-order valence-corrected chi connectivity index (χ2v) is 5.25. The van der Waals surface area contributed by atoms with E-state index in [1.807, 2.05) is 18.2 Å². The van der Waals surface area contributed by atoms with Gasteiger partial charge < -0.3 is 10.6 Å². The number of rotatable bonds is 5. The summed E-state index contributed by atoms with van der Waals surface area (Å²) in [4.78, 5) is 4.45. The first-order valence-corrected chi connectivity index (χ1v) is 7.20. The third kappa shape index (κ3) is 4.05. The molecule has 2 N–H and O–H groups in total. The van der Waals surface area contributed by atoms with Gasteiger partial charge in [-0.3, -0.25) is 0 Å². The van der Waals surface area contributed by atoms with Gasteiger partial charge in [-0.1, -0.05) is 13.0 Å². The molecule has 0 saturated heterocycles. The molecule has 0 atom stereocenters. The summed E-state index contributed by atoms with van der Waals surface area (Å²) in [6, 6.07) is 10.4. The van der Waals surface area contributed by atoms with Gasteiger partial charge in [0.25, 0.3) is 0 Å². The van der Waals surface area contributed by atoms with E-state index in [0.717, 1.165) is 33.9 Å². The minimum absolute atomic E-state index is 0.235. The number of nitrogens with one attached hydrogen (secondary N) is 2. The van der Waals surface area contributed by atoms with Crippen LogP contribution in [0.3, 0.4) is 0 Å². The second kappa shape index (κ2) is 6.70. The molecule has 0 bridgehead atoms. The van der Waals surface area contributed by atoms with Gasteiger partial charge in [-0.25, -0.2) is 9.37 Å². The zero-order valence-electron chi connectivity index (χ0n) is 10.6. The standard InChI is InChI=1S/C14H15FIN3/c1-2-8-17-13-4-3-5-14(19-13)18-12-7-6-10(15)9-11(12)16/h3-7,9H,2,8H2,1H3,(H2,17,18,19). The van der Waals surface area contributed by atoms with Crippen molar-refractivity contribution >= 4 is 39.9 Å². The molecule has 0 aliphatic rings. The number of hydrogen-bond acceptors (Lipinski definition) is 3. The third-order valence-corrected chi connectivity index (χ3v) is 3.39. The molecule has 1 aromatic heterocycles. The highest BCUT2D eigenvalue weighted by molar-refractivity contribution is 14.1. The smallest absolute Gasteiger partial charge is 0.132 e. The second-order valence-electron chi connectivity index (χ2n) is 4.08. The van der Waals surface area contributed by atoms with E-state index in [2.05, 4.69) is 45.1 Å². The van der Waals surface area contributed by atoms with Crippen LogP contribution in [0, 0.1) is 9.39 Å². The monoisotopic (exact) mass is 371 g/mol. The number of nitrogens with zero attached hydrogens (tertiary/aromatic N) is 1. The number of anilines is 3. The zero-order valence-corrected chi connectivity index (χ0v) is 12.7. The average Bonchev–Trinajstić information content (AvgIpc) is 2.40. The Labute approximate surface area is 125 Å². The van der Waals surface area contributed by atoms with Crippen molar-refractivity contribution in [1.82, 2.24) is 4.98 Å². The van der Waals surface area contributed by atoms with Crippen molar-refractivity contribution in [3.63, 3.8) is 0 Å². The normalized spacial score (nSPS) is 10.3. The van der Waals surface area contributed by atoms with Crippen LogP contribution in [-0.4, -0.2) is 11.5 Å². The summed E-state index contributed by atoms with van der Waals surface area (Å²) in [6.45, 7) is 3.00. The van der Waals surface area contributed by atoms with E-state index in [1.165, 1.54) is 12.1 Å². The van der Waals surface area contributed by atoms with Gasteiger partial charge in [0.2, 0.25) is 0 Å². The molecule has 100 valence electrons. The molecule has 2 aromatic rings. The van der Waals surface area contributed by atoms with E-state index in [1.54, 1.807) is 6.07 Å². The summed E-state index contributed by atoms with van der Waals surface area (Å²) in [5.74, 6) is 1.34. The molecule has 0 aliphatic carbocycles. The summed E-state index contributed by atoms with van der Waals surface area (Å²) in [6.07, 6.45) is 1.05. The fourth-order valence-corrected chi connectivity index (χ4v) is 2.20. The van der Waals surface area contributed by atoms with Gasteiger partial charge in [0.05, 0.1) is 5.69 Å². The minimum atomic E-state index is -0.235. The lowest BCUT2D eigenvalue weighted by Crippen LogP contribution is -2.03. The molecule has 19 heavy (non-hydrogen) atoms. The molecule has 0 amide bonds. The van der Waals surface area contributed by atoms with Gasteiger partial charge in [0.15, 0.2) is 0 Å². The van der Waals surface area contributed by atoms with Crippen LogP contribution < -0.4 is 10.6 Å². The summed E-state index contributed by atoms with van der Waals surface area (Å²) in [5.41, 5.74) is 0.849. The molecule has 1 aromatic carbocycles. The molecule has 2 rings (SSSR count). The Kier molecular flexibility index (Phi) is 4.95. The van der Waals surface area contributed by atoms with Crippen LogP contribution in [0.2, 0.25) is 0 Å². The van der Waals surface area contributed by atoms with Crippen molar-refractivity contribution in [1.29, 1.82) is 0 Å². The summed E-state index contributed by atoms with van der Waals surface area (Å²) in [7, 11) is 0. The molecular weight excluding hydrogens is 356 g/mol.